The SMILES string of the molecule is CC(N)(CO)c1ccc([N+](=O)[O-])c(F)c1. The third-order valence-corrected chi connectivity index (χ3v) is 2.13. The lowest BCUT2D eigenvalue weighted by atomic mass is 9.94. The molecule has 0 aliphatic carbocycles. The van der Waals surface area contributed by atoms with Crippen molar-refractivity contribution in [3.63, 3.8) is 0 Å². The highest BCUT2D eigenvalue weighted by molar-refractivity contribution is 5.37. The van der Waals surface area contributed by atoms with Gasteiger partial charge in [0, 0.05) is 6.07 Å². The van der Waals surface area contributed by atoms with Crippen LogP contribution in [-0.2, 0) is 5.54 Å². The van der Waals surface area contributed by atoms with Gasteiger partial charge in [0.25, 0.3) is 0 Å². The lowest BCUT2D eigenvalue weighted by Crippen LogP contribution is -2.37. The van der Waals surface area contributed by atoms with Gasteiger partial charge in [-0.15, -0.1) is 0 Å². The van der Waals surface area contributed by atoms with Gasteiger partial charge in [0.15, 0.2) is 0 Å². The van der Waals surface area contributed by atoms with Crippen molar-refractivity contribution in [1.82, 2.24) is 0 Å². The van der Waals surface area contributed by atoms with Crippen LogP contribution in [0.15, 0.2) is 18.2 Å². The molecular formula is C9H11FN2O3. The van der Waals surface area contributed by atoms with Crippen molar-refractivity contribution in [3.05, 3.63) is 39.7 Å². The van der Waals surface area contributed by atoms with Crippen molar-refractivity contribution >= 4 is 5.69 Å². The van der Waals surface area contributed by atoms with Crippen molar-refractivity contribution in [2.75, 3.05) is 6.61 Å². The minimum atomic E-state index is -1.10. The number of benzene rings is 1. The molecule has 0 aromatic heterocycles. The summed E-state index contributed by atoms with van der Waals surface area (Å²) in [6, 6.07) is 3.33. The van der Waals surface area contributed by atoms with Gasteiger partial charge in [-0.25, -0.2) is 0 Å². The summed E-state index contributed by atoms with van der Waals surface area (Å²) >= 11 is 0. The molecule has 0 aliphatic heterocycles. The van der Waals surface area contributed by atoms with Crippen molar-refractivity contribution in [2.45, 2.75) is 12.5 Å². The fraction of sp³-hybridized carbons (Fsp3) is 0.333. The monoisotopic (exact) mass is 214 g/mol. The Kier molecular flexibility index (Phi) is 3.01. The number of nitro groups is 1. The van der Waals surface area contributed by atoms with Crippen LogP contribution >= 0.6 is 0 Å². The zero-order valence-electron chi connectivity index (χ0n) is 8.11. The van der Waals surface area contributed by atoms with E-state index in [0.29, 0.717) is 5.56 Å². The molecule has 0 bridgehead atoms. The second-order valence-corrected chi connectivity index (χ2v) is 3.50. The largest absolute Gasteiger partial charge is 0.394 e. The molecule has 1 rings (SSSR count). The lowest BCUT2D eigenvalue weighted by Gasteiger charge is -2.21. The smallest absolute Gasteiger partial charge is 0.304 e. The maximum absolute atomic E-state index is 13.2. The molecule has 0 saturated heterocycles. The van der Waals surface area contributed by atoms with E-state index in [1.165, 1.54) is 13.0 Å². The summed E-state index contributed by atoms with van der Waals surface area (Å²) in [5.41, 5.74) is 4.25. The number of aliphatic hydroxyl groups is 1. The third-order valence-electron chi connectivity index (χ3n) is 2.13. The topological polar surface area (TPSA) is 89.4 Å². The fourth-order valence-corrected chi connectivity index (χ4v) is 1.10. The van der Waals surface area contributed by atoms with Crippen LogP contribution in [-0.4, -0.2) is 16.6 Å². The fourth-order valence-electron chi connectivity index (χ4n) is 1.10. The molecule has 0 saturated carbocycles. The van der Waals surface area contributed by atoms with E-state index in [0.717, 1.165) is 12.1 Å². The molecule has 1 unspecified atom stereocenters. The number of nitrogens with zero attached hydrogens (tertiary/aromatic N) is 1. The molecule has 6 heteroatoms. The molecule has 0 fully saturated rings. The lowest BCUT2D eigenvalue weighted by molar-refractivity contribution is -0.387. The molecule has 0 spiro atoms. The van der Waals surface area contributed by atoms with Crippen LogP contribution in [0.25, 0.3) is 0 Å². The van der Waals surface area contributed by atoms with Gasteiger partial charge in [-0.3, -0.25) is 10.1 Å². The van der Waals surface area contributed by atoms with E-state index in [-0.39, 0.29) is 6.61 Å². The first-order chi connectivity index (χ1) is 6.88. The highest BCUT2D eigenvalue weighted by atomic mass is 19.1. The number of hydrogen-bond donors (Lipinski definition) is 2. The summed E-state index contributed by atoms with van der Waals surface area (Å²) in [6.07, 6.45) is 0. The van der Waals surface area contributed by atoms with E-state index in [4.69, 9.17) is 10.8 Å². The van der Waals surface area contributed by atoms with Crippen LogP contribution in [0.4, 0.5) is 10.1 Å². The van der Waals surface area contributed by atoms with Crippen LogP contribution in [0.1, 0.15) is 12.5 Å². The molecule has 15 heavy (non-hydrogen) atoms. The minimum Gasteiger partial charge on any atom is -0.394 e. The predicted molar refractivity (Wildman–Crippen MR) is 51.7 cm³/mol. The van der Waals surface area contributed by atoms with Crippen molar-refractivity contribution in [3.8, 4) is 0 Å². The first kappa shape index (κ1) is 11.5. The summed E-state index contributed by atoms with van der Waals surface area (Å²) in [4.78, 5) is 9.52. The number of halogens is 1. The van der Waals surface area contributed by atoms with Gasteiger partial charge in [-0.1, -0.05) is 6.07 Å². The summed E-state index contributed by atoms with van der Waals surface area (Å²) in [5.74, 6) is -0.956. The Morgan fingerprint density at radius 1 is 1.67 bits per heavy atom. The summed E-state index contributed by atoms with van der Waals surface area (Å²) in [7, 11) is 0. The number of hydrogen-bond acceptors (Lipinski definition) is 4. The standard InChI is InChI=1S/C9H11FN2O3/c1-9(11,5-13)6-2-3-8(12(14)15)7(10)4-6/h2-4,13H,5,11H2,1H3. The van der Waals surface area contributed by atoms with Crippen LogP contribution in [0.3, 0.4) is 0 Å². The van der Waals surface area contributed by atoms with Crippen LogP contribution in [0, 0.1) is 15.9 Å². The van der Waals surface area contributed by atoms with E-state index >= 15 is 0 Å². The highest BCUT2D eigenvalue weighted by Crippen LogP contribution is 2.23. The Morgan fingerprint density at radius 3 is 2.67 bits per heavy atom. The first-order valence-electron chi connectivity index (χ1n) is 4.22. The van der Waals surface area contributed by atoms with Crippen LogP contribution < -0.4 is 5.73 Å². The predicted octanol–water partition coefficient (Wildman–Crippen LogP) is 0.900. The van der Waals surface area contributed by atoms with E-state index in [1.807, 2.05) is 0 Å². The third kappa shape index (κ3) is 2.28. The van der Waals surface area contributed by atoms with Gasteiger partial charge in [0.05, 0.1) is 17.1 Å². The van der Waals surface area contributed by atoms with Gasteiger partial charge in [0.2, 0.25) is 5.82 Å². The number of nitro benzene ring substituents is 1. The second kappa shape index (κ2) is 3.92. The Balaban J connectivity index is 3.18. The van der Waals surface area contributed by atoms with E-state index in [9.17, 15) is 14.5 Å². The number of nitrogens with two attached hydrogens (primary N) is 1. The molecule has 0 heterocycles. The zero-order valence-corrected chi connectivity index (χ0v) is 8.11. The normalized spacial score (nSPS) is 14.7. The number of aliphatic hydroxyl groups excluding tert-OH is 1. The summed E-state index contributed by atoms with van der Waals surface area (Å²) in [6.45, 7) is 1.14. The Labute approximate surface area is 85.5 Å². The molecule has 0 amide bonds. The molecular weight excluding hydrogens is 203 g/mol. The van der Waals surface area contributed by atoms with Gasteiger partial charge < -0.3 is 10.8 Å². The quantitative estimate of drug-likeness (QED) is 0.577. The van der Waals surface area contributed by atoms with Gasteiger partial charge in [-0.2, -0.15) is 4.39 Å². The Hall–Kier alpha value is -1.53. The van der Waals surface area contributed by atoms with Crippen LogP contribution in [0.5, 0.6) is 0 Å². The van der Waals surface area contributed by atoms with Crippen molar-refractivity contribution in [2.24, 2.45) is 5.73 Å². The molecule has 0 radical (unpaired) electrons. The van der Waals surface area contributed by atoms with Gasteiger partial charge in [-0.05, 0) is 18.6 Å². The number of rotatable bonds is 3. The Bertz CT molecular complexity index is 393. The molecule has 1 aromatic carbocycles. The average molecular weight is 214 g/mol. The van der Waals surface area contributed by atoms with Crippen molar-refractivity contribution in [1.29, 1.82) is 0 Å². The highest BCUT2D eigenvalue weighted by Gasteiger charge is 2.23. The van der Waals surface area contributed by atoms with Crippen molar-refractivity contribution < 1.29 is 14.4 Å². The maximum Gasteiger partial charge on any atom is 0.304 e. The van der Waals surface area contributed by atoms with Gasteiger partial charge >= 0.3 is 5.69 Å². The molecule has 3 N–H and O–H groups in total. The first-order valence-corrected chi connectivity index (χ1v) is 4.22. The second-order valence-electron chi connectivity index (χ2n) is 3.50. The Morgan fingerprint density at radius 2 is 2.27 bits per heavy atom. The molecule has 5 nitrogen and oxygen atoms in total. The molecule has 1 aromatic rings. The summed E-state index contributed by atoms with van der Waals surface area (Å²) < 4.78 is 13.2. The summed E-state index contributed by atoms with van der Waals surface area (Å²) in [5, 5.41) is 19.3. The molecule has 1 atom stereocenters. The zero-order chi connectivity index (χ0) is 11.6. The van der Waals surface area contributed by atoms with Gasteiger partial charge in [0.1, 0.15) is 0 Å². The minimum absolute atomic E-state index is 0.313. The van der Waals surface area contributed by atoms with E-state index in [2.05, 4.69) is 0 Å². The molecule has 82 valence electrons. The average Bonchev–Trinajstić information content (AvgIpc) is 2.17. The molecule has 0 aliphatic rings. The van der Waals surface area contributed by atoms with E-state index < -0.39 is 22.0 Å². The van der Waals surface area contributed by atoms with Crippen LogP contribution in [0.2, 0.25) is 0 Å². The van der Waals surface area contributed by atoms with E-state index in [1.54, 1.807) is 0 Å². The maximum atomic E-state index is 13.2.